The second-order valence-corrected chi connectivity index (χ2v) is 12.6. The van der Waals surface area contributed by atoms with Crippen molar-refractivity contribution < 1.29 is 31.5 Å². The maximum absolute atomic E-state index is 16.9. The van der Waals surface area contributed by atoms with Crippen molar-refractivity contribution in [2.24, 2.45) is 11.3 Å². The zero-order valence-corrected chi connectivity index (χ0v) is 25.0. The number of aromatic nitrogens is 3. The topological polar surface area (TPSA) is 86.6 Å². The van der Waals surface area contributed by atoms with Crippen LogP contribution in [0, 0.1) is 35.3 Å². The number of phenols is 1. The van der Waals surface area contributed by atoms with E-state index in [0.29, 0.717) is 30.8 Å². The minimum absolute atomic E-state index is 0.0241. The second kappa shape index (κ2) is 11.5. The summed E-state index contributed by atoms with van der Waals surface area (Å²) < 4.78 is 91.5. The Hall–Kier alpha value is -4.21. The van der Waals surface area contributed by atoms with Gasteiger partial charge in [-0.05, 0) is 56.4 Å². The lowest BCUT2D eigenvalue weighted by atomic mass is 9.73. The van der Waals surface area contributed by atoms with Crippen LogP contribution < -0.4 is 15.0 Å². The zero-order valence-electron chi connectivity index (χ0n) is 28.0. The van der Waals surface area contributed by atoms with Crippen LogP contribution in [-0.2, 0) is 0 Å². The Kier molecular flexibility index (Phi) is 6.77. The van der Waals surface area contributed by atoms with Gasteiger partial charge >= 0.3 is 6.01 Å². The summed E-state index contributed by atoms with van der Waals surface area (Å²) >= 11 is 0. The summed E-state index contributed by atoms with van der Waals surface area (Å²) in [5.74, 6) is -0.779. The molecule has 2 bridgehead atoms. The molecule has 12 heteroatoms. The SMILES string of the molecule is [2H]C([2H])([2H])[C@@]1(COc2nc(N3C[C@H]4CC[C@@H](C3)N4)c3cnc(-c4cc(O)cc5ccc(F)c(C#C)c45)c(F)c3n2)CN(C)CC[C@@H]1C(F)F. The van der Waals surface area contributed by atoms with E-state index in [1.54, 1.807) is 11.9 Å². The molecule has 3 saturated heterocycles. The Morgan fingerprint density at radius 1 is 1.20 bits per heavy atom. The lowest BCUT2D eigenvalue weighted by molar-refractivity contribution is -0.0679. The first kappa shape index (κ1) is 27.0. The van der Waals surface area contributed by atoms with Crippen molar-refractivity contribution in [2.45, 2.75) is 44.6 Å². The molecule has 0 aliphatic carbocycles. The van der Waals surface area contributed by atoms with Crippen molar-refractivity contribution in [1.82, 2.24) is 25.2 Å². The largest absolute Gasteiger partial charge is 0.508 e. The molecular formula is C34H34F4N6O2. The molecule has 2 N–H and O–H groups in total. The molecule has 2 aromatic carbocycles. The Labute approximate surface area is 268 Å². The van der Waals surface area contributed by atoms with Gasteiger partial charge in [0.1, 0.15) is 28.6 Å². The van der Waals surface area contributed by atoms with Crippen molar-refractivity contribution >= 4 is 27.5 Å². The highest BCUT2D eigenvalue weighted by Gasteiger charge is 2.44. The maximum atomic E-state index is 16.9. The normalized spacial score (nSPS) is 26.2. The number of nitrogens with one attached hydrogen (secondary N) is 1. The van der Waals surface area contributed by atoms with Crippen LogP contribution in [0.15, 0.2) is 30.5 Å². The summed E-state index contributed by atoms with van der Waals surface area (Å²) in [5, 5.41) is 14.8. The Balaban J connectivity index is 1.39. The van der Waals surface area contributed by atoms with E-state index in [9.17, 15) is 18.3 Å². The van der Waals surface area contributed by atoms with Crippen molar-refractivity contribution in [3.8, 4) is 35.4 Å². The molecular weight excluding hydrogens is 600 g/mol. The van der Waals surface area contributed by atoms with Crippen LogP contribution in [-0.4, -0.2) is 83.3 Å². The summed E-state index contributed by atoms with van der Waals surface area (Å²) in [6.45, 7) is -2.31. The monoisotopic (exact) mass is 637 g/mol. The average molecular weight is 638 g/mol. The summed E-state index contributed by atoms with van der Waals surface area (Å²) in [7, 11) is 1.66. The number of nitrogens with zero attached hydrogens (tertiary/aromatic N) is 5. The third-order valence-corrected chi connectivity index (χ3v) is 9.46. The quantitative estimate of drug-likeness (QED) is 0.216. The van der Waals surface area contributed by atoms with Crippen molar-refractivity contribution in [3.63, 3.8) is 0 Å². The molecule has 3 fully saturated rings. The van der Waals surface area contributed by atoms with E-state index in [1.165, 1.54) is 24.4 Å². The van der Waals surface area contributed by atoms with E-state index < -0.39 is 42.9 Å². The molecule has 4 aromatic rings. The zero-order chi connectivity index (χ0) is 34.8. The number of halogens is 4. The van der Waals surface area contributed by atoms with Gasteiger partial charge in [-0.25, -0.2) is 17.6 Å². The first-order valence-electron chi connectivity index (χ1n) is 16.7. The highest BCUT2D eigenvalue weighted by Crippen LogP contribution is 2.41. The standard InChI is InChI=1S/C34H34F4N6O2/c1-4-22-26(35)8-5-18-11-21(45)12-23(27(18)22)29-28(36)30-24(13-39-29)32(44-14-19-6-7-20(15-44)40-19)42-33(41-30)46-17-34(2)16-43(3)10-9-25(34)31(37)38/h1,5,8,11-13,19-20,25,31,40,45H,6-7,9-10,14-17H2,2-3H3/t19-,20+,25-,34+/m1/s1/i2D3. The van der Waals surface area contributed by atoms with Crippen molar-refractivity contribution in [3.05, 3.63) is 47.7 Å². The highest BCUT2D eigenvalue weighted by atomic mass is 19.3. The molecule has 3 aliphatic rings. The lowest BCUT2D eigenvalue weighted by Crippen LogP contribution is -2.51. The number of piperidine rings is 1. The minimum atomic E-state index is -2.91. The number of fused-ring (bicyclic) bond motifs is 4. The number of likely N-dealkylation sites (tertiary alicyclic amines) is 1. The molecule has 5 heterocycles. The molecule has 0 radical (unpaired) electrons. The number of phenolic OH excluding ortho intramolecular Hbond substituents is 1. The fourth-order valence-corrected chi connectivity index (χ4v) is 7.26. The highest BCUT2D eigenvalue weighted by molar-refractivity contribution is 6.03. The molecule has 7 rings (SSSR count). The third kappa shape index (κ3) is 5.25. The Morgan fingerprint density at radius 2 is 1.98 bits per heavy atom. The second-order valence-electron chi connectivity index (χ2n) is 12.6. The summed E-state index contributed by atoms with van der Waals surface area (Å²) in [6, 6.07) is 5.11. The number of hydrogen-bond donors (Lipinski definition) is 2. The Morgan fingerprint density at radius 3 is 2.70 bits per heavy atom. The number of hydrogen-bond acceptors (Lipinski definition) is 8. The number of rotatable bonds is 6. The first-order chi connectivity index (χ1) is 23.3. The number of alkyl halides is 2. The van der Waals surface area contributed by atoms with E-state index in [2.05, 4.69) is 26.2 Å². The van der Waals surface area contributed by atoms with Crippen molar-refractivity contribution in [2.75, 3.05) is 44.7 Å². The van der Waals surface area contributed by atoms with Gasteiger partial charge in [-0.1, -0.05) is 18.8 Å². The van der Waals surface area contributed by atoms with Gasteiger partial charge in [0.05, 0.1) is 17.6 Å². The van der Waals surface area contributed by atoms with Crippen LogP contribution in [0.4, 0.5) is 23.4 Å². The van der Waals surface area contributed by atoms with Gasteiger partial charge < -0.3 is 25.0 Å². The van der Waals surface area contributed by atoms with E-state index >= 15 is 4.39 Å². The van der Waals surface area contributed by atoms with Crippen LogP contribution in [0.5, 0.6) is 11.8 Å². The number of ether oxygens (including phenoxy) is 1. The number of terminal acetylenes is 1. The molecule has 0 saturated carbocycles. The van der Waals surface area contributed by atoms with E-state index in [4.69, 9.17) is 15.3 Å². The molecule has 240 valence electrons. The molecule has 2 aromatic heterocycles. The Bertz CT molecular complexity index is 1980. The summed E-state index contributed by atoms with van der Waals surface area (Å²) in [4.78, 5) is 17.0. The molecule has 0 spiro atoms. The number of aromatic hydroxyl groups is 1. The smallest absolute Gasteiger partial charge is 0.319 e. The van der Waals surface area contributed by atoms with Gasteiger partial charge in [0.25, 0.3) is 0 Å². The van der Waals surface area contributed by atoms with Gasteiger partial charge in [-0.3, -0.25) is 4.98 Å². The fourth-order valence-electron chi connectivity index (χ4n) is 7.26. The van der Waals surface area contributed by atoms with Crippen LogP contribution in [0.2, 0.25) is 0 Å². The third-order valence-electron chi connectivity index (χ3n) is 9.46. The predicted octanol–water partition coefficient (Wildman–Crippen LogP) is 5.35. The van der Waals surface area contributed by atoms with E-state index in [1.807, 2.05) is 4.90 Å². The van der Waals surface area contributed by atoms with Crippen LogP contribution in [0.1, 0.15) is 35.8 Å². The predicted molar refractivity (Wildman–Crippen MR) is 167 cm³/mol. The molecule has 0 unspecified atom stereocenters. The first-order valence-corrected chi connectivity index (χ1v) is 15.2. The maximum Gasteiger partial charge on any atom is 0.319 e. The molecule has 46 heavy (non-hydrogen) atoms. The molecule has 0 amide bonds. The van der Waals surface area contributed by atoms with Crippen molar-refractivity contribution in [1.29, 1.82) is 0 Å². The van der Waals surface area contributed by atoms with Gasteiger partial charge in [-0.15, -0.1) is 6.42 Å². The number of piperazine rings is 1. The van der Waals surface area contributed by atoms with E-state index in [0.717, 1.165) is 18.9 Å². The lowest BCUT2D eigenvalue weighted by Gasteiger charge is -2.44. The van der Waals surface area contributed by atoms with E-state index in [-0.39, 0.29) is 69.9 Å². The number of benzene rings is 2. The molecule has 3 aliphatic heterocycles. The molecule has 8 nitrogen and oxygen atoms in total. The van der Waals surface area contributed by atoms with Gasteiger partial charge in [-0.2, -0.15) is 9.97 Å². The van der Waals surface area contributed by atoms with Crippen LogP contribution in [0.25, 0.3) is 32.9 Å². The van der Waals surface area contributed by atoms with Gasteiger partial charge in [0, 0.05) is 64.3 Å². The minimum Gasteiger partial charge on any atom is -0.508 e. The van der Waals surface area contributed by atoms with Gasteiger partial charge in [0.15, 0.2) is 5.82 Å². The summed E-state index contributed by atoms with van der Waals surface area (Å²) in [6.07, 6.45) is 5.94. The number of pyridine rings is 1. The molecule has 4 atom stereocenters. The summed E-state index contributed by atoms with van der Waals surface area (Å²) in [5.41, 5.74) is -2.59. The average Bonchev–Trinajstić information content (AvgIpc) is 3.39. The van der Waals surface area contributed by atoms with Crippen LogP contribution >= 0.6 is 0 Å². The van der Waals surface area contributed by atoms with Crippen LogP contribution in [0.3, 0.4) is 0 Å². The van der Waals surface area contributed by atoms with Gasteiger partial charge in [0.2, 0.25) is 6.43 Å². The number of anilines is 1. The fraction of sp³-hybridized carbons (Fsp3) is 0.441.